The van der Waals surface area contributed by atoms with Crippen LogP contribution in [-0.4, -0.2) is 37.5 Å². The minimum Gasteiger partial charge on any atom is -0.493 e. The van der Waals surface area contributed by atoms with E-state index in [0.717, 1.165) is 9.13 Å². The molecule has 1 aliphatic rings. The number of carbonyl (C=O) groups is 1. The molecule has 0 radical (unpaired) electrons. The first kappa shape index (κ1) is 27.9. The molecular formula is C28H29IN2O6S. The molecule has 10 heteroatoms. The van der Waals surface area contributed by atoms with E-state index >= 15 is 0 Å². The summed E-state index contributed by atoms with van der Waals surface area (Å²) in [5, 5.41) is 0. The standard InChI is InChI=1S/C28H29IN2O6S/c1-7-36-27(33)23-16(4)30-28-31(24(23)18-10-8-9-11-20(18)37-15(2)3)26(32)22(38-28)14-17-12-19(29)25(35-6)21(13-17)34-5/h8-15,24H,7H2,1-6H3/b22-14+/t24-/m1/s1. The Morgan fingerprint density at radius 2 is 1.92 bits per heavy atom. The normalized spacial score (nSPS) is 15.3. The third-order valence-corrected chi connectivity index (χ3v) is 7.63. The van der Waals surface area contributed by atoms with Gasteiger partial charge in [0.05, 0.1) is 46.3 Å². The van der Waals surface area contributed by atoms with Gasteiger partial charge >= 0.3 is 5.97 Å². The van der Waals surface area contributed by atoms with Crippen molar-refractivity contribution in [2.24, 2.45) is 4.99 Å². The molecule has 0 saturated heterocycles. The second-order valence-electron chi connectivity index (χ2n) is 8.74. The van der Waals surface area contributed by atoms with Gasteiger partial charge in [0.25, 0.3) is 5.56 Å². The van der Waals surface area contributed by atoms with E-state index < -0.39 is 12.0 Å². The second-order valence-corrected chi connectivity index (χ2v) is 10.9. The number of hydrogen-bond donors (Lipinski definition) is 0. The Balaban J connectivity index is 1.98. The molecule has 0 spiro atoms. The van der Waals surface area contributed by atoms with Gasteiger partial charge in [-0.05, 0) is 80.1 Å². The summed E-state index contributed by atoms with van der Waals surface area (Å²) in [4.78, 5) is 32.3. The summed E-state index contributed by atoms with van der Waals surface area (Å²) >= 11 is 3.43. The number of aromatic nitrogens is 1. The number of methoxy groups -OCH3 is 2. The third-order valence-electron chi connectivity index (χ3n) is 5.85. The zero-order chi connectivity index (χ0) is 27.6. The van der Waals surface area contributed by atoms with Crippen molar-refractivity contribution in [1.82, 2.24) is 4.57 Å². The highest BCUT2D eigenvalue weighted by Gasteiger charge is 2.35. The van der Waals surface area contributed by atoms with Gasteiger partial charge in [-0.1, -0.05) is 29.5 Å². The van der Waals surface area contributed by atoms with Crippen LogP contribution in [0.25, 0.3) is 6.08 Å². The molecule has 8 nitrogen and oxygen atoms in total. The summed E-state index contributed by atoms with van der Waals surface area (Å²) in [5.41, 5.74) is 2.01. The SMILES string of the molecule is CCOC(=O)C1=C(C)N=c2s/c(=C/c3cc(I)c(OC)c(OC)c3)c(=O)n2[C@@H]1c1ccccc1OC(C)C. The van der Waals surface area contributed by atoms with Crippen molar-refractivity contribution in [1.29, 1.82) is 0 Å². The molecule has 1 atom stereocenters. The van der Waals surface area contributed by atoms with Crippen LogP contribution in [0, 0.1) is 3.57 Å². The van der Waals surface area contributed by atoms with E-state index in [9.17, 15) is 9.59 Å². The molecule has 200 valence electrons. The number of ether oxygens (including phenoxy) is 4. The van der Waals surface area contributed by atoms with Crippen LogP contribution in [0.1, 0.15) is 44.9 Å². The number of halogens is 1. The number of carbonyl (C=O) groups excluding carboxylic acids is 1. The van der Waals surface area contributed by atoms with E-state index in [0.29, 0.717) is 43.4 Å². The number of allylic oxidation sites excluding steroid dienone is 1. The van der Waals surface area contributed by atoms with E-state index in [1.807, 2.05) is 50.2 Å². The minimum atomic E-state index is -0.757. The first-order chi connectivity index (χ1) is 18.2. The number of para-hydroxylation sites is 1. The maximum absolute atomic E-state index is 13.9. The zero-order valence-corrected chi connectivity index (χ0v) is 25.0. The van der Waals surface area contributed by atoms with Crippen LogP contribution in [0.5, 0.6) is 17.2 Å². The molecule has 4 rings (SSSR count). The molecule has 0 unspecified atom stereocenters. The number of esters is 1. The van der Waals surface area contributed by atoms with Gasteiger partial charge < -0.3 is 18.9 Å². The van der Waals surface area contributed by atoms with E-state index in [1.54, 1.807) is 38.7 Å². The maximum atomic E-state index is 13.9. The summed E-state index contributed by atoms with van der Waals surface area (Å²) in [7, 11) is 3.16. The van der Waals surface area contributed by atoms with Gasteiger partial charge in [-0.2, -0.15) is 0 Å². The molecule has 38 heavy (non-hydrogen) atoms. The predicted octanol–water partition coefficient (Wildman–Crippen LogP) is 4.21. The number of thiazole rings is 1. The highest BCUT2D eigenvalue weighted by atomic mass is 127. The number of rotatable bonds is 8. The highest BCUT2D eigenvalue weighted by Crippen LogP contribution is 2.36. The molecule has 0 amide bonds. The summed E-state index contributed by atoms with van der Waals surface area (Å²) in [5.74, 6) is 1.27. The molecule has 1 aromatic heterocycles. The van der Waals surface area contributed by atoms with Gasteiger partial charge in [0.15, 0.2) is 16.3 Å². The van der Waals surface area contributed by atoms with Crippen LogP contribution < -0.4 is 29.1 Å². The molecule has 0 bridgehead atoms. The van der Waals surface area contributed by atoms with E-state index in [-0.39, 0.29) is 18.3 Å². The summed E-state index contributed by atoms with van der Waals surface area (Å²) in [6.45, 7) is 7.58. The van der Waals surface area contributed by atoms with Crippen LogP contribution in [0.15, 0.2) is 57.5 Å². The molecule has 2 heterocycles. The lowest BCUT2D eigenvalue weighted by Gasteiger charge is -2.26. The first-order valence-corrected chi connectivity index (χ1v) is 14.0. The highest BCUT2D eigenvalue weighted by molar-refractivity contribution is 14.1. The average Bonchev–Trinajstić information content (AvgIpc) is 3.17. The second kappa shape index (κ2) is 11.7. The molecule has 2 aromatic carbocycles. The minimum absolute atomic E-state index is 0.101. The Morgan fingerprint density at radius 1 is 1.18 bits per heavy atom. The predicted molar refractivity (Wildman–Crippen MR) is 155 cm³/mol. The first-order valence-electron chi connectivity index (χ1n) is 12.1. The van der Waals surface area contributed by atoms with Gasteiger partial charge in [-0.3, -0.25) is 9.36 Å². The van der Waals surface area contributed by atoms with E-state index in [1.165, 1.54) is 11.3 Å². The van der Waals surface area contributed by atoms with E-state index in [2.05, 4.69) is 27.6 Å². The van der Waals surface area contributed by atoms with Crippen molar-refractivity contribution >= 4 is 46.0 Å². The lowest BCUT2D eigenvalue weighted by molar-refractivity contribution is -0.139. The van der Waals surface area contributed by atoms with Gasteiger partial charge in [-0.25, -0.2) is 9.79 Å². The summed E-state index contributed by atoms with van der Waals surface area (Å²) < 4.78 is 25.3. The molecule has 3 aromatic rings. The van der Waals surface area contributed by atoms with Crippen molar-refractivity contribution in [3.63, 3.8) is 0 Å². The van der Waals surface area contributed by atoms with Gasteiger partial charge in [0, 0.05) is 5.56 Å². The number of fused-ring (bicyclic) bond motifs is 1. The molecule has 0 N–H and O–H groups in total. The van der Waals surface area contributed by atoms with Crippen molar-refractivity contribution in [2.45, 2.75) is 39.8 Å². The molecule has 0 aliphatic carbocycles. The Morgan fingerprint density at radius 3 is 2.58 bits per heavy atom. The average molecular weight is 649 g/mol. The summed E-state index contributed by atoms with van der Waals surface area (Å²) in [6.07, 6.45) is 1.70. The molecular weight excluding hydrogens is 619 g/mol. The van der Waals surface area contributed by atoms with E-state index in [4.69, 9.17) is 18.9 Å². The number of nitrogens with zero attached hydrogens (tertiary/aromatic N) is 2. The van der Waals surface area contributed by atoms with Gasteiger partial charge in [-0.15, -0.1) is 0 Å². The van der Waals surface area contributed by atoms with Crippen LogP contribution in [0.2, 0.25) is 0 Å². The Labute approximate surface area is 238 Å². The Bertz CT molecular complexity index is 1590. The third kappa shape index (κ3) is 5.37. The number of benzene rings is 2. The zero-order valence-electron chi connectivity index (χ0n) is 22.0. The Kier molecular flexibility index (Phi) is 8.61. The van der Waals surface area contributed by atoms with Crippen molar-refractivity contribution in [2.75, 3.05) is 20.8 Å². The topological polar surface area (TPSA) is 88.4 Å². The van der Waals surface area contributed by atoms with Crippen LogP contribution in [-0.2, 0) is 9.53 Å². The summed E-state index contributed by atoms with van der Waals surface area (Å²) in [6, 6.07) is 10.4. The fraction of sp³-hybridized carbons (Fsp3) is 0.321. The lowest BCUT2D eigenvalue weighted by Crippen LogP contribution is -2.40. The lowest BCUT2D eigenvalue weighted by atomic mass is 9.95. The number of hydrogen-bond acceptors (Lipinski definition) is 8. The Hall–Kier alpha value is -3.12. The molecule has 0 fully saturated rings. The fourth-order valence-corrected chi connectivity index (χ4v) is 6.22. The van der Waals surface area contributed by atoms with Gasteiger partial charge in [0.2, 0.25) is 0 Å². The monoisotopic (exact) mass is 648 g/mol. The molecule has 1 aliphatic heterocycles. The van der Waals surface area contributed by atoms with Crippen molar-refractivity contribution < 1.29 is 23.7 Å². The van der Waals surface area contributed by atoms with Crippen LogP contribution >= 0.6 is 33.9 Å². The quantitative estimate of drug-likeness (QED) is 0.269. The molecule has 0 saturated carbocycles. The maximum Gasteiger partial charge on any atom is 0.338 e. The van der Waals surface area contributed by atoms with Gasteiger partial charge in [0.1, 0.15) is 11.8 Å². The van der Waals surface area contributed by atoms with Crippen molar-refractivity contribution in [3.8, 4) is 17.2 Å². The largest absolute Gasteiger partial charge is 0.493 e. The van der Waals surface area contributed by atoms with Crippen LogP contribution in [0.4, 0.5) is 0 Å². The fourth-order valence-electron chi connectivity index (χ4n) is 4.33. The van der Waals surface area contributed by atoms with Crippen molar-refractivity contribution in [3.05, 3.63) is 82.1 Å². The van der Waals surface area contributed by atoms with Crippen LogP contribution in [0.3, 0.4) is 0 Å². The smallest absolute Gasteiger partial charge is 0.338 e.